The van der Waals surface area contributed by atoms with E-state index in [0.717, 1.165) is 31.7 Å². The van der Waals surface area contributed by atoms with Gasteiger partial charge in [-0.2, -0.15) is 18.2 Å². The molecule has 1 heterocycles. The maximum Gasteiger partial charge on any atom is 0.433 e. The van der Waals surface area contributed by atoms with Crippen molar-refractivity contribution in [3.63, 3.8) is 0 Å². The summed E-state index contributed by atoms with van der Waals surface area (Å²) in [5.41, 5.74) is 4.45. The van der Waals surface area contributed by atoms with Gasteiger partial charge in [0, 0.05) is 18.7 Å². The lowest BCUT2D eigenvalue weighted by molar-refractivity contribution is -0.141. The molecule has 1 aromatic rings. The number of nitrogens with zero attached hydrogens (tertiary/aromatic N) is 3. The third-order valence-electron chi connectivity index (χ3n) is 3.67. The molecule has 0 aromatic carbocycles. The van der Waals surface area contributed by atoms with Crippen LogP contribution in [0.4, 0.5) is 24.9 Å². The number of rotatable bonds is 3. The Bertz CT molecular complexity index is 455. The van der Waals surface area contributed by atoms with E-state index in [2.05, 4.69) is 9.97 Å². The first-order chi connectivity index (χ1) is 9.41. The second-order valence-electron chi connectivity index (χ2n) is 5.05. The maximum atomic E-state index is 12.8. The van der Waals surface area contributed by atoms with Gasteiger partial charge in [-0.3, -0.25) is 0 Å². The summed E-state index contributed by atoms with van der Waals surface area (Å²) in [5, 5.41) is 0. The van der Waals surface area contributed by atoms with E-state index in [9.17, 15) is 13.2 Å². The van der Waals surface area contributed by atoms with Crippen molar-refractivity contribution in [3.05, 3.63) is 11.8 Å². The number of hydrogen-bond acceptors (Lipinski definition) is 4. The minimum Gasteiger partial charge on any atom is -0.368 e. The molecule has 7 heteroatoms. The van der Waals surface area contributed by atoms with Crippen molar-refractivity contribution >= 4 is 11.8 Å². The molecule has 2 rings (SSSR count). The van der Waals surface area contributed by atoms with Crippen LogP contribution < -0.4 is 10.6 Å². The summed E-state index contributed by atoms with van der Waals surface area (Å²) in [6, 6.07) is 1.23. The summed E-state index contributed by atoms with van der Waals surface area (Å²) in [6.07, 6.45) is 0.867. The van der Waals surface area contributed by atoms with Gasteiger partial charge in [-0.25, -0.2) is 4.98 Å². The fourth-order valence-corrected chi connectivity index (χ4v) is 2.74. The summed E-state index contributed by atoms with van der Waals surface area (Å²) in [5.74, 6) is -0.0525. The highest BCUT2D eigenvalue weighted by atomic mass is 19.4. The zero-order valence-corrected chi connectivity index (χ0v) is 11.5. The molecular formula is C13H19F3N4. The number of nitrogens with two attached hydrogens (primary N) is 1. The van der Waals surface area contributed by atoms with Crippen molar-refractivity contribution in [2.45, 2.75) is 51.2 Å². The molecule has 1 aliphatic carbocycles. The van der Waals surface area contributed by atoms with Crippen LogP contribution in [0.15, 0.2) is 6.07 Å². The summed E-state index contributed by atoms with van der Waals surface area (Å²) >= 11 is 0. The lowest BCUT2D eigenvalue weighted by Crippen LogP contribution is -2.37. The van der Waals surface area contributed by atoms with Gasteiger partial charge in [0.05, 0.1) is 0 Å². The predicted octanol–water partition coefficient (Wildman–Crippen LogP) is 3.24. The average Bonchev–Trinajstić information content (AvgIpc) is 2.39. The Morgan fingerprint density at radius 1 is 1.25 bits per heavy atom. The minimum absolute atomic E-state index is 0.240. The Balaban J connectivity index is 2.31. The van der Waals surface area contributed by atoms with E-state index in [0.29, 0.717) is 6.54 Å². The molecule has 0 bridgehead atoms. The van der Waals surface area contributed by atoms with Gasteiger partial charge in [0.15, 0.2) is 5.69 Å². The van der Waals surface area contributed by atoms with Crippen LogP contribution in [0.5, 0.6) is 0 Å². The number of nitrogen functional groups attached to an aromatic ring is 1. The van der Waals surface area contributed by atoms with Gasteiger partial charge < -0.3 is 10.6 Å². The number of halogens is 3. The Morgan fingerprint density at radius 2 is 1.90 bits per heavy atom. The fourth-order valence-electron chi connectivity index (χ4n) is 2.74. The van der Waals surface area contributed by atoms with Crippen LogP contribution in [0.2, 0.25) is 0 Å². The van der Waals surface area contributed by atoms with Gasteiger partial charge in [-0.1, -0.05) is 19.3 Å². The van der Waals surface area contributed by atoms with Crippen LogP contribution in [0.1, 0.15) is 44.7 Å². The zero-order chi connectivity index (χ0) is 14.8. The van der Waals surface area contributed by atoms with Gasteiger partial charge in [-0.15, -0.1) is 0 Å². The molecule has 0 radical (unpaired) electrons. The van der Waals surface area contributed by atoms with Gasteiger partial charge in [-0.05, 0) is 19.8 Å². The third kappa shape index (κ3) is 3.32. The van der Waals surface area contributed by atoms with Crippen molar-refractivity contribution in [2.24, 2.45) is 0 Å². The SMILES string of the molecule is CCN(c1cc(C(F)(F)F)nc(N)n1)C1CCCCC1. The molecule has 112 valence electrons. The standard InChI is InChI=1S/C13H19F3N4/c1-2-20(9-6-4-3-5-7-9)11-8-10(13(14,15)16)18-12(17)19-11/h8-9H,2-7H2,1H3,(H2,17,18,19). The van der Waals surface area contributed by atoms with Gasteiger partial charge in [0.25, 0.3) is 0 Å². The third-order valence-corrected chi connectivity index (χ3v) is 3.67. The predicted molar refractivity (Wildman–Crippen MR) is 71.3 cm³/mol. The van der Waals surface area contributed by atoms with Crippen LogP contribution in [-0.4, -0.2) is 22.6 Å². The average molecular weight is 288 g/mol. The van der Waals surface area contributed by atoms with E-state index in [1.54, 1.807) is 0 Å². The molecule has 0 aliphatic heterocycles. The molecule has 0 saturated heterocycles. The monoisotopic (exact) mass is 288 g/mol. The van der Waals surface area contributed by atoms with Crippen molar-refractivity contribution in [2.75, 3.05) is 17.2 Å². The highest BCUT2D eigenvalue weighted by Crippen LogP contribution is 2.32. The number of alkyl halides is 3. The van der Waals surface area contributed by atoms with E-state index < -0.39 is 11.9 Å². The maximum absolute atomic E-state index is 12.8. The molecule has 4 nitrogen and oxygen atoms in total. The molecule has 1 fully saturated rings. The zero-order valence-electron chi connectivity index (χ0n) is 11.5. The molecular weight excluding hydrogens is 269 g/mol. The molecule has 0 amide bonds. The summed E-state index contributed by atoms with van der Waals surface area (Å²) in [6.45, 7) is 2.53. The number of aromatic nitrogens is 2. The quantitative estimate of drug-likeness (QED) is 0.927. The molecule has 1 aliphatic rings. The van der Waals surface area contributed by atoms with Crippen LogP contribution in [-0.2, 0) is 6.18 Å². The van der Waals surface area contributed by atoms with Crippen molar-refractivity contribution in [3.8, 4) is 0 Å². The van der Waals surface area contributed by atoms with E-state index in [-0.39, 0.29) is 17.8 Å². The van der Waals surface area contributed by atoms with Crippen LogP contribution in [0.25, 0.3) is 0 Å². The number of anilines is 2. The van der Waals surface area contributed by atoms with E-state index in [4.69, 9.17) is 5.73 Å². The van der Waals surface area contributed by atoms with Crippen LogP contribution in [0.3, 0.4) is 0 Å². The van der Waals surface area contributed by atoms with Crippen molar-refractivity contribution in [1.82, 2.24) is 9.97 Å². The van der Waals surface area contributed by atoms with Gasteiger partial charge in [0.1, 0.15) is 5.82 Å². The first-order valence-electron chi connectivity index (χ1n) is 6.90. The van der Waals surface area contributed by atoms with Gasteiger partial charge in [0.2, 0.25) is 5.95 Å². The summed E-state index contributed by atoms with van der Waals surface area (Å²) < 4.78 is 38.4. The molecule has 20 heavy (non-hydrogen) atoms. The second kappa shape index (κ2) is 5.85. The lowest BCUT2D eigenvalue weighted by atomic mass is 9.94. The van der Waals surface area contributed by atoms with Crippen molar-refractivity contribution in [1.29, 1.82) is 0 Å². The Kier molecular flexibility index (Phi) is 4.35. The Labute approximate surface area is 116 Å². The summed E-state index contributed by atoms with van der Waals surface area (Å²) in [4.78, 5) is 9.18. The highest BCUT2D eigenvalue weighted by Gasteiger charge is 2.34. The second-order valence-corrected chi connectivity index (χ2v) is 5.05. The first-order valence-corrected chi connectivity index (χ1v) is 6.90. The molecule has 1 saturated carbocycles. The van der Waals surface area contributed by atoms with E-state index in [1.807, 2.05) is 11.8 Å². The topological polar surface area (TPSA) is 55.0 Å². The molecule has 0 atom stereocenters. The van der Waals surface area contributed by atoms with E-state index >= 15 is 0 Å². The lowest BCUT2D eigenvalue weighted by Gasteiger charge is -2.34. The highest BCUT2D eigenvalue weighted by molar-refractivity contribution is 5.45. The summed E-state index contributed by atoms with van der Waals surface area (Å²) in [7, 11) is 0. The van der Waals surface area contributed by atoms with Crippen molar-refractivity contribution < 1.29 is 13.2 Å². The molecule has 2 N–H and O–H groups in total. The van der Waals surface area contributed by atoms with Crippen LogP contribution >= 0.6 is 0 Å². The van der Waals surface area contributed by atoms with Crippen LogP contribution in [0, 0.1) is 0 Å². The molecule has 1 aromatic heterocycles. The largest absolute Gasteiger partial charge is 0.433 e. The number of hydrogen-bond donors (Lipinski definition) is 1. The molecule has 0 spiro atoms. The first kappa shape index (κ1) is 14.9. The van der Waals surface area contributed by atoms with E-state index in [1.165, 1.54) is 6.42 Å². The normalized spacial score (nSPS) is 17.2. The fraction of sp³-hybridized carbons (Fsp3) is 0.692. The minimum atomic E-state index is -4.50. The Hall–Kier alpha value is -1.53. The molecule has 0 unspecified atom stereocenters. The smallest absolute Gasteiger partial charge is 0.368 e. The Morgan fingerprint density at radius 3 is 2.45 bits per heavy atom. The van der Waals surface area contributed by atoms with Gasteiger partial charge >= 0.3 is 6.18 Å².